The van der Waals surface area contributed by atoms with Gasteiger partial charge in [0.2, 0.25) is 5.91 Å². The maximum absolute atomic E-state index is 12.0. The second-order valence-electron chi connectivity index (χ2n) is 5.48. The average Bonchev–Trinajstić information content (AvgIpc) is 2.77. The molecule has 1 aliphatic heterocycles. The number of methoxy groups -OCH3 is 1. The van der Waals surface area contributed by atoms with Crippen LogP contribution in [0.3, 0.4) is 0 Å². The van der Waals surface area contributed by atoms with Crippen LogP contribution in [0.1, 0.15) is 36.0 Å². The number of carbonyl (C=O) groups excluding carboxylic acids is 3. The summed E-state index contributed by atoms with van der Waals surface area (Å²) in [5.74, 6) is -0.289. The van der Waals surface area contributed by atoms with Crippen molar-refractivity contribution in [3.8, 4) is 5.75 Å². The molecule has 0 bridgehead atoms. The Balaban J connectivity index is 1.85. The van der Waals surface area contributed by atoms with Gasteiger partial charge in [-0.3, -0.25) is 25.2 Å². The number of nitrogens with zero attached hydrogens (tertiary/aromatic N) is 1. The molecule has 2 N–H and O–H groups in total. The standard InChI is InChI=1S/C16H20BrN3O4/c1-24-13-7-6-11(9-12(13)17)16(23)19-18-14(21)10-20-8-4-2-3-5-15(20)22/h6-7,9H,2-5,8,10H2,1H3,(H,18,21)(H,19,23). The number of likely N-dealkylation sites (tertiary alicyclic amines) is 1. The fraction of sp³-hybridized carbons (Fsp3) is 0.438. The van der Waals surface area contributed by atoms with Crippen molar-refractivity contribution in [1.82, 2.24) is 15.8 Å². The molecule has 130 valence electrons. The van der Waals surface area contributed by atoms with Crippen LogP contribution in [0, 0.1) is 0 Å². The number of rotatable bonds is 4. The lowest BCUT2D eigenvalue weighted by Gasteiger charge is -2.19. The second kappa shape index (κ2) is 8.68. The molecule has 1 aliphatic rings. The number of carbonyl (C=O) groups is 3. The minimum absolute atomic E-state index is 0.0203. The number of halogens is 1. The molecular weight excluding hydrogens is 378 g/mol. The van der Waals surface area contributed by atoms with E-state index in [4.69, 9.17) is 4.74 Å². The van der Waals surface area contributed by atoms with Gasteiger partial charge < -0.3 is 9.64 Å². The predicted molar refractivity (Wildman–Crippen MR) is 91.4 cm³/mol. The van der Waals surface area contributed by atoms with Gasteiger partial charge in [-0.05, 0) is 47.0 Å². The van der Waals surface area contributed by atoms with E-state index in [0.29, 0.717) is 28.8 Å². The first-order valence-electron chi connectivity index (χ1n) is 7.71. The molecule has 24 heavy (non-hydrogen) atoms. The smallest absolute Gasteiger partial charge is 0.269 e. The van der Waals surface area contributed by atoms with Crippen LogP contribution >= 0.6 is 15.9 Å². The number of amides is 3. The summed E-state index contributed by atoms with van der Waals surface area (Å²) in [5, 5.41) is 0. The van der Waals surface area contributed by atoms with Crippen molar-refractivity contribution >= 4 is 33.7 Å². The SMILES string of the molecule is COc1ccc(C(=O)NNC(=O)CN2CCCCCC2=O)cc1Br. The van der Waals surface area contributed by atoms with Gasteiger partial charge in [-0.1, -0.05) is 6.42 Å². The summed E-state index contributed by atoms with van der Waals surface area (Å²) in [4.78, 5) is 37.3. The van der Waals surface area contributed by atoms with Crippen LogP contribution in [0.5, 0.6) is 5.75 Å². The second-order valence-corrected chi connectivity index (χ2v) is 6.33. The first-order chi connectivity index (χ1) is 11.5. The van der Waals surface area contributed by atoms with Crippen LogP contribution in [-0.4, -0.2) is 42.8 Å². The van der Waals surface area contributed by atoms with Crippen molar-refractivity contribution in [1.29, 1.82) is 0 Å². The van der Waals surface area contributed by atoms with Gasteiger partial charge in [0, 0.05) is 18.5 Å². The zero-order valence-electron chi connectivity index (χ0n) is 13.4. The van der Waals surface area contributed by atoms with Crippen LogP contribution in [0.4, 0.5) is 0 Å². The van der Waals surface area contributed by atoms with Gasteiger partial charge in [0.15, 0.2) is 0 Å². The van der Waals surface area contributed by atoms with Crippen molar-refractivity contribution < 1.29 is 19.1 Å². The summed E-state index contributed by atoms with van der Waals surface area (Å²) in [7, 11) is 1.53. The summed E-state index contributed by atoms with van der Waals surface area (Å²) >= 11 is 3.30. The third-order valence-electron chi connectivity index (χ3n) is 3.74. The molecule has 0 spiro atoms. The van der Waals surface area contributed by atoms with Gasteiger partial charge in [-0.15, -0.1) is 0 Å². The van der Waals surface area contributed by atoms with E-state index < -0.39 is 11.8 Å². The Morgan fingerprint density at radius 1 is 1.25 bits per heavy atom. The van der Waals surface area contributed by atoms with Gasteiger partial charge in [0.1, 0.15) is 12.3 Å². The number of nitrogens with one attached hydrogen (secondary N) is 2. The highest BCUT2D eigenvalue weighted by atomic mass is 79.9. The lowest BCUT2D eigenvalue weighted by atomic mass is 10.2. The van der Waals surface area contributed by atoms with E-state index in [-0.39, 0.29) is 12.5 Å². The van der Waals surface area contributed by atoms with E-state index in [1.165, 1.54) is 12.0 Å². The Bertz CT molecular complexity index is 636. The quantitative estimate of drug-likeness (QED) is 0.755. The molecule has 0 saturated carbocycles. The first-order valence-corrected chi connectivity index (χ1v) is 8.51. The molecule has 0 aromatic heterocycles. The molecule has 0 atom stereocenters. The summed E-state index contributed by atoms with van der Waals surface area (Å²) < 4.78 is 5.74. The highest BCUT2D eigenvalue weighted by molar-refractivity contribution is 9.10. The van der Waals surface area contributed by atoms with Crippen LogP contribution in [0.25, 0.3) is 0 Å². The largest absolute Gasteiger partial charge is 0.496 e. The van der Waals surface area contributed by atoms with Crippen molar-refractivity contribution in [2.45, 2.75) is 25.7 Å². The average molecular weight is 398 g/mol. The molecule has 1 aromatic rings. The number of ether oxygens (including phenoxy) is 1. The van der Waals surface area contributed by atoms with Crippen molar-refractivity contribution in [3.63, 3.8) is 0 Å². The summed E-state index contributed by atoms with van der Waals surface area (Å²) in [6.45, 7) is 0.525. The lowest BCUT2D eigenvalue weighted by Crippen LogP contribution is -2.47. The molecule has 2 rings (SSSR count). The fourth-order valence-electron chi connectivity index (χ4n) is 2.42. The van der Waals surface area contributed by atoms with E-state index in [1.54, 1.807) is 18.2 Å². The molecule has 1 heterocycles. The van der Waals surface area contributed by atoms with E-state index in [1.807, 2.05) is 0 Å². The number of hydrogen-bond donors (Lipinski definition) is 2. The van der Waals surface area contributed by atoms with E-state index in [9.17, 15) is 14.4 Å². The van der Waals surface area contributed by atoms with E-state index in [2.05, 4.69) is 26.8 Å². The molecule has 0 aliphatic carbocycles. The van der Waals surface area contributed by atoms with Gasteiger partial charge >= 0.3 is 0 Å². The Hall–Kier alpha value is -2.09. The summed E-state index contributed by atoms with van der Waals surface area (Å²) in [6.07, 6.45) is 3.22. The van der Waals surface area contributed by atoms with Gasteiger partial charge in [0.05, 0.1) is 11.6 Å². The molecule has 1 saturated heterocycles. The first kappa shape index (κ1) is 18.3. The molecule has 3 amide bonds. The van der Waals surface area contributed by atoms with Crippen LogP contribution < -0.4 is 15.6 Å². The van der Waals surface area contributed by atoms with Gasteiger partial charge in [0.25, 0.3) is 11.8 Å². The maximum Gasteiger partial charge on any atom is 0.269 e. The fourth-order valence-corrected chi connectivity index (χ4v) is 2.97. The Morgan fingerprint density at radius 2 is 2.04 bits per heavy atom. The van der Waals surface area contributed by atoms with Crippen molar-refractivity contribution in [2.75, 3.05) is 20.2 Å². The van der Waals surface area contributed by atoms with Crippen molar-refractivity contribution in [3.05, 3.63) is 28.2 Å². The normalized spacial score (nSPS) is 14.8. The molecule has 1 fully saturated rings. The summed E-state index contributed by atoms with van der Waals surface area (Å²) in [6, 6.07) is 4.83. The lowest BCUT2D eigenvalue weighted by molar-refractivity contribution is -0.135. The Morgan fingerprint density at radius 3 is 2.75 bits per heavy atom. The molecule has 0 unspecified atom stereocenters. The van der Waals surface area contributed by atoms with Crippen molar-refractivity contribution in [2.24, 2.45) is 0 Å². The third kappa shape index (κ3) is 4.95. The molecule has 0 radical (unpaired) electrons. The molecule has 7 nitrogen and oxygen atoms in total. The topological polar surface area (TPSA) is 87.7 Å². The van der Waals surface area contributed by atoms with E-state index >= 15 is 0 Å². The van der Waals surface area contributed by atoms with Crippen LogP contribution in [0.2, 0.25) is 0 Å². The maximum atomic E-state index is 12.0. The zero-order chi connectivity index (χ0) is 17.5. The highest BCUT2D eigenvalue weighted by Crippen LogP contribution is 2.25. The Kier molecular flexibility index (Phi) is 6.60. The predicted octanol–water partition coefficient (Wildman–Crippen LogP) is 1.62. The number of hydrazine groups is 1. The third-order valence-corrected chi connectivity index (χ3v) is 4.35. The van der Waals surface area contributed by atoms with Gasteiger partial charge in [-0.2, -0.15) is 0 Å². The minimum Gasteiger partial charge on any atom is -0.496 e. The van der Waals surface area contributed by atoms with Crippen LogP contribution in [0.15, 0.2) is 22.7 Å². The monoisotopic (exact) mass is 397 g/mol. The molecule has 1 aromatic carbocycles. The molecular formula is C16H20BrN3O4. The number of benzene rings is 1. The van der Waals surface area contributed by atoms with Gasteiger partial charge in [-0.25, -0.2) is 0 Å². The minimum atomic E-state index is -0.450. The van der Waals surface area contributed by atoms with Crippen LogP contribution in [-0.2, 0) is 9.59 Å². The Labute approximate surface area is 148 Å². The molecule has 8 heteroatoms. The summed E-state index contributed by atoms with van der Waals surface area (Å²) in [5.41, 5.74) is 5.05. The number of hydrogen-bond acceptors (Lipinski definition) is 4. The zero-order valence-corrected chi connectivity index (χ0v) is 15.0. The van der Waals surface area contributed by atoms with E-state index in [0.717, 1.165) is 19.3 Å². The highest BCUT2D eigenvalue weighted by Gasteiger charge is 2.19.